The monoisotopic (exact) mass is 369 g/mol. The van der Waals surface area contributed by atoms with Gasteiger partial charge in [0.05, 0.1) is 5.52 Å². The van der Waals surface area contributed by atoms with E-state index in [-0.39, 0.29) is 23.8 Å². The van der Waals surface area contributed by atoms with Crippen molar-refractivity contribution in [3.63, 3.8) is 0 Å². The third kappa shape index (κ3) is 4.10. The number of rotatable bonds is 4. The molecule has 0 saturated carbocycles. The van der Waals surface area contributed by atoms with Crippen LogP contribution in [0.2, 0.25) is 5.02 Å². The number of benzene rings is 2. The first-order chi connectivity index (χ1) is 12.4. The minimum atomic E-state index is -0.239. The van der Waals surface area contributed by atoms with Gasteiger partial charge in [-0.25, -0.2) is 0 Å². The molecule has 1 aromatic heterocycles. The van der Waals surface area contributed by atoms with E-state index in [0.717, 1.165) is 0 Å². The molecule has 0 aliphatic carbocycles. The first-order valence-electron chi connectivity index (χ1n) is 7.88. The van der Waals surface area contributed by atoms with E-state index in [1.54, 1.807) is 53.2 Å². The van der Waals surface area contributed by atoms with Gasteiger partial charge in [0.2, 0.25) is 11.8 Å². The normalized spacial score (nSPS) is 10.5. The second kappa shape index (κ2) is 7.41. The number of carbonyl (C=O) groups excluding carboxylic acids is 2. The second-order valence-electron chi connectivity index (χ2n) is 5.78. The van der Waals surface area contributed by atoms with Crippen LogP contribution in [0.1, 0.15) is 6.92 Å². The maximum absolute atomic E-state index is 12.3. The summed E-state index contributed by atoms with van der Waals surface area (Å²) in [7, 11) is 0. The third-order valence-electron chi connectivity index (χ3n) is 3.74. The van der Waals surface area contributed by atoms with Crippen LogP contribution >= 0.6 is 11.6 Å². The number of halogens is 1. The Morgan fingerprint density at radius 1 is 1.00 bits per heavy atom. The van der Waals surface area contributed by atoms with E-state index in [9.17, 15) is 14.4 Å². The number of aromatic nitrogens is 1. The summed E-state index contributed by atoms with van der Waals surface area (Å²) in [5.74, 6) is -0.399. The molecule has 0 spiro atoms. The highest BCUT2D eigenvalue weighted by Crippen LogP contribution is 2.17. The van der Waals surface area contributed by atoms with Crippen LogP contribution in [0.3, 0.4) is 0 Å². The number of nitrogens with one attached hydrogen (secondary N) is 2. The molecule has 0 saturated heterocycles. The molecule has 0 aliphatic rings. The summed E-state index contributed by atoms with van der Waals surface area (Å²) >= 11 is 5.95. The van der Waals surface area contributed by atoms with E-state index in [0.29, 0.717) is 27.3 Å². The lowest BCUT2D eigenvalue weighted by Gasteiger charge is -2.11. The van der Waals surface area contributed by atoms with Gasteiger partial charge < -0.3 is 15.2 Å². The van der Waals surface area contributed by atoms with Crippen LogP contribution in [0.4, 0.5) is 11.4 Å². The van der Waals surface area contributed by atoms with Crippen LogP contribution < -0.4 is 16.1 Å². The number of amides is 2. The van der Waals surface area contributed by atoms with Crippen LogP contribution in [-0.4, -0.2) is 16.4 Å². The second-order valence-corrected chi connectivity index (χ2v) is 6.21. The van der Waals surface area contributed by atoms with Crippen molar-refractivity contribution in [1.29, 1.82) is 0 Å². The third-order valence-corrected chi connectivity index (χ3v) is 3.98. The maximum atomic E-state index is 12.3. The van der Waals surface area contributed by atoms with E-state index >= 15 is 0 Å². The van der Waals surface area contributed by atoms with Crippen molar-refractivity contribution >= 4 is 45.7 Å². The molecule has 0 unspecified atom stereocenters. The molecular formula is C19H16ClN3O3. The fraction of sp³-hybridized carbons (Fsp3) is 0.105. The predicted octanol–water partition coefficient (Wildman–Crippen LogP) is 3.25. The van der Waals surface area contributed by atoms with E-state index in [4.69, 9.17) is 11.6 Å². The number of carbonyl (C=O) groups is 2. The van der Waals surface area contributed by atoms with E-state index in [1.807, 2.05) is 0 Å². The number of hydrogen-bond acceptors (Lipinski definition) is 3. The van der Waals surface area contributed by atoms with Crippen LogP contribution in [0.25, 0.3) is 10.9 Å². The first kappa shape index (κ1) is 17.7. The lowest BCUT2D eigenvalue weighted by molar-refractivity contribution is -0.116. The van der Waals surface area contributed by atoms with Gasteiger partial charge in [0, 0.05) is 41.0 Å². The molecule has 2 aromatic carbocycles. The summed E-state index contributed by atoms with van der Waals surface area (Å²) in [6.07, 6.45) is 1.58. The van der Waals surface area contributed by atoms with Crippen molar-refractivity contribution in [3.05, 3.63) is 70.0 Å². The topological polar surface area (TPSA) is 80.2 Å². The number of fused-ring (bicyclic) bond motifs is 1. The van der Waals surface area contributed by atoms with Gasteiger partial charge in [-0.1, -0.05) is 11.6 Å². The summed E-state index contributed by atoms with van der Waals surface area (Å²) in [4.78, 5) is 35.3. The van der Waals surface area contributed by atoms with Gasteiger partial charge in [0.25, 0.3) is 0 Å². The molecule has 0 bridgehead atoms. The summed E-state index contributed by atoms with van der Waals surface area (Å²) in [6.45, 7) is 1.48. The van der Waals surface area contributed by atoms with Crippen molar-refractivity contribution < 1.29 is 9.59 Å². The average Bonchev–Trinajstić information content (AvgIpc) is 2.59. The molecule has 132 valence electrons. The number of anilines is 2. The molecule has 1 heterocycles. The lowest BCUT2D eigenvalue weighted by Crippen LogP contribution is -2.20. The van der Waals surface area contributed by atoms with E-state index in [1.165, 1.54) is 13.0 Å². The molecule has 0 atom stereocenters. The molecule has 0 fully saturated rings. The van der Waals surface area contributed by atoms with Crippen molar-refractivity contribution in [2.75, 3.05) is 10.6 Å². The van der Waals surface area contributed by atoms with Gasteiger partial charge in [-0.2, -0.15) is 0 Å². The highest BCUT2D eigenvalue weighted by Gasteiger charge is 2.08. The Balaban J connectivity index is 1.76. The molecular weight excluding hydrogens is 354 g/mol. The molecule has 0 aliphatic heterocycles. The molecule has 2 amide bonds. The number of nitrogens with zero attached hydrogens (tertiary/aromatic N) is 1. The fourth-order valence-corrected chi connectivity index (χ4v) is 2.79. The zero-order valence-corrected chi connectivity index (χ0v) is 14.7. The lowest BCUT2D eigenvalue weighted by atomic mass is 10.2. The van der Waals surface area contributed by atoms with Gasteiger partial charge in [-0.3, -0.25) is 14.4 Å². The van der Waals surface area contributed by atoms with Gasteiger partial charge in [-0.05, 0) is 42.5 Å². The highest BCUT2D eigenvalue weighted by atomic mass is 35.5. The quantitative estimate of drug-likeness (QED) is 0.740. The summed E-state index contributed by atoms with van der Waals surface area (Å²) in [5.41, 5.74) is 1.75. The van der Waals surface area contributed by atoms with E-state index in [2.05, 4.69) is 10.6 Å². The summed E-state index contributed by atoms with van der Waals surface area (Å²) < 4.78 is 1.69. The summed E-state index contributed by atoms with van der Waals surface area (Å²) in [5, 5.41) is 6.38. The smallest absolute Gasteiger partial charge is 0.244 e. The minimum absolute atomic E-state index is 0.0475. The van der Waals surface area contributed by atoms with Crippen molar-refractivity contribution in [3.8, 4) is 0 Å². The molecule has 7 heteroatoms. The van der Waals surface area contributed by atoms with E-state index < -0.39 is 0 Å². The van der Waals surface area contributed by atoms with Crippen molar-refractivity contribution in [2.45, 2.75) is 13.5 Å². The molecule has 3 rings (SSSR count). The minimum Gasteiger partial charge on any atom is -0.338 e. The van der Waals surface area contributed by atoms with Crippen LogP contribution in [0.15, 0.2) is 59.5 Å². The standard InChI is InChI=1S/C19H16ClN3O3/c1-12(24)21-14-3-5-15(6-4-14)22-19(26)11-23-9-8-18(25)16-10-13(20)2-7-17(16)23/h2-10H,11H2,1H3,(H,21,24)(H,22,26). The SMILES string of the molecule is CC(=O)Nc1ccc(NC(=O)Cn2ccc(=O)c3cc(Cl)ccc32)cc1. The Morgan fingerprint density at radius 3 is 2.31 bits per heavy atom. The summed E-state index contributed by atoms with van der Waals surface area (Å²) in [6, 6.07) is 13.2. The Hall–Kier alpha value is -3.12. The van der Waals surface area contributed by atoms with Gasteiger partial charge in [0.1, 0.15) is 6.54 Å². The van der Waals surface area contributed by atoms with Crippen molar-refractivity contribution in [2.24, 2.45) is 0 Å². The molecule has 6 nitrogen and oxygen atoms in total. The van der Waals surface area contributed by atoms with Crippen LogP contribution in [0, 0.1) is 0 Å². The zero-order chi connectivity index (χ0) is 18.7. The van der Waals surface area contributed by atoms with Gasteiger partial charge in [0.15, 0.2) is 5.43 Å². The predicted molar refractivity (Wildman–Crippen MR) is 103 cm³/mol. The largest absolute Gasteiger partial charge is 0.338 e. The van der Waals surface area contributed by atoms with Gasteiger partial charge in [-0.15, -0.1) is 0 Å². The first-order valence-corrected chi connectivity index (χ1v) is 8.26. The Morgan fingerprint density at radius 2 is 1.65 bits per heavy atom. The number of pyridine rings is 1. The Kier molecular flexibility index (Phi) is 5.04. The Bertz CT molecular complexity index is 1040. The Labute approximate surface area is 154 Å². The molecule has 0 radical (unpaired) electrons. The average molecular weight is 370 g/mol. The highest BCUT2D eigenvalue weighted by molar-refractivity contribution is 6.31. The molecule has 2 N–H and O–H groups in total. The van der Waals surface area contributed by atoms with Crippen LogP contribution in [-0.2, 0) is 16.1 Å². The molecule has 26 heavy (non-hydrogen) atoms. The van der Waals surface area contributed by atoms with Gasteiger partial charge >= 0.3 is 0 Å². The maximum Gasteiger partial charge on any atom is 0.244 e. The fourth-order valence-electron chi connectivity index (χ4n) is 2.62. The molecule has 3 aromatic rings. The number of hydrogen-bond donors (Lipinski definition) is 2. The van der Waals surface area contributed by atoms with Crippen LogP contribution in [0.5, 0.6) is 0 Å². The zero-order valence-electron chi connectivity index (χ0n) is 14.0. The van der Waals surface area contributed by atoms with Crippen molar-refractivity contribution in [1.82, 2.24) is 4.57 Å².